The van der Waals surface area contributed by atoms with Gasteiger partial charge in [-0.05, 0) is 6.08 Å². The zero-order chi connectivity index (χ0) is 6.41. The van der Waals surface area contributed by atoms with Crippen molar-refractivity contribution in [1.29, 1.82) is 5.26 Å². The van der Waals surface area contributed by atoms with E-state index < -0.39 is 0 Å². The van der Waals surface area contributed by atoms with E-state index in [1.807, 2.05) is 6.07 Å². The van der Waals surface area contributed by atoms with Crippen molar-refractivity contribution in [2.45, 2.75) is 0 Å². The van der Waals surface area contributed by atoms with Gasteiger partial charge in [0.1, 0.15) is 6.07 Å². The van der Waals surface area contributed by atoms with E-state index in [9.17, 15) is 0 Å². The summed E-state index contributed by atoms with van der Waals surface area (Å²) in [6.45, 7) is 3.39. The highest BCUT2D eigenvalue weighted by Crippen LogP contribution is 1.89. The molecule has 0 spiro atoms. The molecule has 0 aliphatic rings. The molecular formula is C6H7NO. The van der Waals surface area contributed by atoms with E-state index in [0.717, 1.165) is 0 Å². The first-order valence-electron chi connectivity index (χ1n) is 2.12. The van der Waals surface area contributed by atoms with E-state index in [1.165, 1.54) is 19.3 Å². The van der Waals surface area contributed by atoms with Crippen LogP contribution in [0.3, 0.4) is 0 Å². The Morgan fingerprint density at radius 3 is 2.62 bits per heavy atom. The maximum atomic E-state index is 8.17. The molecule has 8 heavy (non-hydrogen) atoms. The maximum absolute atomic E-state index is 8.17. The topological polar surface area (TPSA) is 33.0 Å². The summed E-state index contributed by atoms with van der Waals surface area (Å²) in [6.07, 6.45) is 3.00. The third kappa shape index (κ3) is 2.04. The number of methoxy groups -OCH3 is 1. The number of nitriles is 1. The standard InChI is InChI=1S/C6H7NO/c1-3-4-6(5-7)8-2/h3-4H,1H2,2H3/b6-4+. The lowest BCUT2D eigenvalue weighted by atomic mass is 10.5. The molecule has 0 bridgehead atoms. The van der Waals surface area contributed by atoms with Crippen molar-refractivity contribution < 1.29 is 4.74 Å². The third-order valence-electron chi connectivity index (χ3n) is 0.599. The highest BCUT2D eigenvalue weighted by Gasteiger charge is 1.83. The van der Waals surface area contributed by atoms with Crippen LogP contribution in [0.1, 0.15) is 0 Å². The second kappa shape index (κ2) is 3.94. The first-order valence-corrected chi connectivity index (χ1v) is 2.12. The number of hydrogen-bond acceptors (Lipinski definition) is 2. The van der Waals surface area contributed by atoms with E-state index in [4.69, 9.17) is 5.26 Å². The molecule has 2 heteroatoms. The predicted molar refractivity (Wildman–Crippen MR) is 30.9 cm³/mol. The number of rotatable bonds is 2. The summed E-state index contributed by atoms with van der Waals surface area (Å²) in [5.74, 6) is 0.278. The molecule has 0 radical (unpaired) electrons. The Hall–Kier alpha value is -1.23. The lowest BCUT2D eigenvalue weighted by molar-refractivity contribution is 0.310. The van der Waals surface area contributed by atoms with E-state index >= 15 is 0 Å². The molecule has 0 aromatic heterocycles. The molecule has 0 aliphatic carbocycles. The number of nitrogens with zero attached hydrogens (tertiary/aromatic N) is 1. The van der Waals surface area contributed by atoms with E-state index in [1.54, 1.807) is 0 Å². The summed E-state index contributed by atoms with van der Waals surface area (Å²) < 4.78 is 4.57. The minimum absolute atomic E-state index is 0.278. The van der Waals surface area contributed by atoms with E-state index in [0.29, 0.717) is 0 Å². The van der Waals surface area contributed by atoms with Crippen LogP contribution in [0.2, 0.25) is 0 Å². The Morgan fingerprint density at radius 2 is 2.50 bits per heavy atom. The molecule has 2 nitrogen and oxygen atoms in total. The van der Waals surface area contributed by atoms with Crippen LogP contribution in [0.15, 0.2) is 24.5 Å². The van der Waals surface area contributed by atoms with Gasteiger partial charge in [-0.1, -0.05) is 12.7 Å². The second-order valence-corrected chi connectivity index (χ2v) is 1.08. The summed E-state index contributed by atoms with van der Waals surface area (Å²) in [7, 11) is 1.44. The first-order chi connectivity index (χ1) is 3.85. The highest BCUT2D eigenvalue weighted by atomic mass is 16.5. The predicted octanol–water partition coefficient (Wildman–Crippen LogP) is 1.23. The van der Waals surface area contributed by atoms with Crippen LogP contribution in [-0.4, -0.2) is 7.11 Å². The zero-order valence-electron chi connectivity index (χ0n) is 4.72. The number of hydrogen-bond donors (Lipinski definition) is 0. The van der Waals surface area contributed by atoms with Gasteiger partial charge in [-0.3, -0.25) is 0 Å². The first kappa shape index (κ1) is 6.77. The Labute approximate surface area is 48.7 Å². The molecule has 0 N–H and O–H groups in total. The summed E-state index contributed by atoms with van der Waals surface area (Å²) in [6, 6.07) is 1.82. The van der Waals surface area contributed by atoms with Gasteiger partial charge in [0, 0.05) is 0 Å². The SMILES string of the molecule is C=C/C=C(\C#N)OC. The van der Waals surface area contributed by atoms with Gasteiger partial charge >= 0.3 is 0 Å². The minimum Gasteiger partial charge on any atom is -0.487 e. The van der Waals surface area contributed by atoms with E-state index in [-0.39, 0.29) is 5.76 Å². The molecule has 0 rings (SSSR count). The average Bonchev–Trinajstić information content (AvgIpc) is 1.83. The Bertz CT molecular complexity index is 141. The molecule has 0 amide bonds. The van der Waals surface area contributed by atoms with Crippen LogP contribution in [0.5, 0.6) is 0 Å². The van der Waals surface area contributed by atoms with Crippen molar-refractivity contribution in [2.24, 2.45) is 0 Å². The molecule has 0 saturated carbocycles. The van der Waals surface area contributed by atoms with Crippen molar-refractivity contribution in [3.63, 3.8) is 0 Å². The average molecular weight is 109 g/mol. The summed E-state index contributed by atoms with van der Waals surface area (Å²) in [5.41, 5.74) is 0. The van der Waals surface area contributed by atoms with Crippen LogP contribution in [0.25, 0.3) is 0 Å². The summed E-state index contributed by atoms with van der Waals surface area (Å²) in [4.78, 5) is 0. The second-order valence-electron chi connectivity index (χ2n) is 1.08. The third-order valence-corrected chi connectivity index (χ3v) is 0.599. The van der Waals surface area contributed by atoms with Crippen LogP contribution < -0.4 is 0 Å². The van der Waals surface area contributed by atoms with Gasteiger partial charge in [-0.2, -0.15) is 5.26 Å². The highest BCUT2D eigenvalue weighted by molar-refractivity contribution is 5.17. The molecule has 0 heterocycles. The van der Waals surface area contributed by atoms with Crippen molar-refractivity contribution >= 4 is 0 Å². The molecular weight excluding hydrogens is 102 g/mol. The number of allylic oxidation sites excluding steroid dienone is 3. The fourth-order valence-electron chi connectivity index (χ4n) is 0.258. The summed E-state index contributed by atoms with van der Waals surface area (Å²) in [5, 5.41) is 8.17. The Kier molecular flexibility index (Phi) is 3.34. The van der Waals surface area contributed by atoms with Gasteiger partial charge in [-0.25, -0.2) is 0 Å². The maximum Gasteiger partial charge on any atom is 0.196 e. The van der Waals surface area contributed by atoms with Crippen molar-refractivity contribution in [1.82, 2.24) is 0 Å². The largest absolute Gasteiger partial charge is 0.487 e. The van der Waals surface area contributed by atoms with Crippen molar-refractivity contribution in [3.8, 4) is 6.07 Å². The Morgan fingerprint density at radius 1 is 1.88 bits per heavy atom. The van der Waals surface area contributed by atoms with Crippen LogP contribution in [0, 0.1) is 11.3 Å². The van der Waals surface area contributed by atoms with Gasteiger partial charge in [-0.15, -0.1) is 0 Å². The minimum atomic E-state index is 0.278. The molecule has 0 fully saturated rings. The van der Waals surface area contributed by atoms with Gasteiger partial charge in [0.25, 0.3) is 0 Å². The molecule has 0 unspecified atom stereocenters. The molecule has 0 saturated heterocycles. The number of ether oxygens (including phenoxy) is 1. The van der Waals surface area contributed by atoms with Crippen LogP contribution >= 0.6 is 0 Å². The lowest BCUT2D eigenvalue weighted by Gasteiger charge is -1.88. The fraction of sp³-hybridized carbons (Fsp3) is 0.167. The molecule has 0 aliphatic heterocycles. The van der Waals surface area contributed by atoms with Crippen LogP contribution in [-0.2, 0) is 4.74 Å². The quantitative estimate of drug-likeness (QED) is 0.303. The van der Waals surface area contributed by atoms with Crippen molar-refractivity contribution in [3.05, 3.63) is 24.5 Å². The summed E-state index contributed by atoms with van der Waals surface area (Å²) >= 11 is 0. The Balaban J connectivity index is 3.91. The van der Waals surface area contributed by atoms with E-state index in [2.05, 4.69) is 11.3 Å². The van der Waals surface area contributed by atoms with Gasteiger partial charge in [0.2, 0.25) is 0 Å². The fourth-order valence-corrected chi connectivity index (χ4v) is 0.258. The van der Waals surface area contributed by atoms with Gasteiger partial charge < -0.3 is 4.74 Å². The van der Waals surface area contributed by atoms with Gasteiger partial charge in [0.05, 0.1) is 7.11 Å². The zero-order valence-corrected chi connectivity index (χ0v) is 4.72. The molecule has 0 atom stereocenters. The molecule has 42 valence electrons. The molecule has 0 aromatic rings. The lowest BCUT2D eigenvalue weighted by Crippen LogP contribution is -1.78. The monoisotopic (exact) mass is 109 g/mol. The normalized spacial score (nSPS) is 9.75. The van der Waals surface area contributed by atoms with Crippen LogP contribution in [0.4, 0.5) is 0 Å². The molecule has 0 aromatic carbocycles. The van der Waals surface area contributed by atoms with Gasteiger partial charge in [0.15, 0.2) is 5.76 Å². The van der Waals surface area contributed by atoms with Crippen molar-refractivity contribution in [2.75, 3.05) is 7.11 Å². The smallest absolute Gasteiger partial charge is 0.196 e.